The van der Waals surface area contributed by atoms with Gasteiger partial charge in [0, 0.05) is 33.3 Å². The third-order valence-electron chi connectivity index (χ3n) is 4.89. The number of morpholine rings is 1. The van der Waals surface area contributed by atoms with E-state index in [1.165, 1.54) is 0 Å². The molecule has 3 rings (SSSR count). The molecule has 0 spiro atoms. The monoisotopic (exact) mass is 369 g/mol. The van der Waals surface area contributed by atoms with E-state index in [1.807, 2.05) is 50.2 Å². The summed E-state index contributed by atoms with van der Waals surface area (Å²) in [4.78, 5) is 20.9. The number of pyridine rings is 1. The van der Waals surface area contributed by atoms with Crippen molar-refractivity contribution in [3.8, 4) is 0 Å². The molecule has 144 valence electrons. The highest BCUT2D eigenvalue weighted by Gasteiger charge is 2.38. The SMILES string of the molecule is Cc1cccc(C[C@@]2(CO)CN(C(=O)c3ccc(N(C)C)nc3)CCO2)c1. The molecule has 1 aliphatic heterocycles. The summed E-state index contributed by atoms with van der Waals surface area (Å²) in [6, 6.07) is 11.8. The van der Waals surface area contributed by atoms with Crippen molar-refractivity contribution < 1.29 is 14.6 Å². The highest BCUT2D eigenvalue weighted by Crippen LogP contribution is 2.25. The first kappa shape index (κ1) is 19.3. The van der Waals surface area contributed by atoms with Gasteiger partial charge < -0.3 is 19.6 Å². The minimum atomic E-state index is -0.779. The Kier molecular flexibility index (Phi) is 5.77. The van der Waals surface area contributed by atoms with Crippen molar-refractivity contribution in [2.75, 3.05) is 45.3 Å². The number of hydrogen-bond donors (Lipinski definition) is 1. The zero-order valence-corrected chi connectivity index (χ0v) is 16.2. The van der Waals surface area contributed by atoms with E-state index in [2.05, 4.69) is 11.1 Å². The summed E-state index contributed by atoms with van der Waals surface area (Å²) in [6.07, 6.45) is 2.17. The van der Waals surface area contributed by atoms with E-state index in [-0.39, 0.29) is 12.5 Å². The van der Waals surface area contributed by atoms with Crippen LogP contribution in [0.2, 0.25) is 0 Å². The lowest BCUT2D eigenvalue weighted by Gasteiger charge is -2.42. The average Bonchev–Trinajstić information content (AvgIpc) is 2.67. The molecule has 1 atom stereocenters. The van der Waals surface area contributed by atoms with Crippen LogP contribution >= 0.6 is 0 Å². The van der Waals surface area contributed by atoms with Crippen LogP contribution in [-0.4, -0.2) is 66.9 Å². The molecule has 1 amide bonds. The van der Waals surface area contributed by atoms with Gasteiger partial charge in [0.2, 0.25) is 0 Å². The Hall–Kier alpha value is -2.44. The molecule has 1 aromatic carbocycles. The van der Waals surface area contributed by atoms with E-state index in [0.29, 0.717) is 31.7 Å². The normalized spacial score (nSPS) is 19.8. The Bertz CT molecular complexity index is 792. The van der Waals surface area contributed by atoms with E-state index in [4.69, 9.17) is 4.74 Å². The second-order valence-corrected chi connectivity index (χ2v) is 7.38. The molecule has 1 N–H and O–H groups in total. The topological polar surface area (TPSA) is 65.9 Å². The van der Waals surface area contributed by atoms with Crippen LogP contribution in [0.3, 0.4) is 0 Å². The van der Waals surface area contributed by atoms with E-state index in [0.717, 1.165) is 16.9 Å². The number of rotatable bonds is 5. The number of aryl methyl sites for hydroxylation is 1. The molecule has 2 heterocycles. The maximum absolute atomic E-state index is 12.9. The minimum Gasteiger partial charge on any atom is -0.393 e. The van der Waals surface area contributed by atoms with E-state index in [9.17, 15) is 9.90 Å². The van der Waals surface area contributed by atoms with E-state index >= 15 is 0 Å². The first-order valence-corrected chi connectivity index (χ1v) is 9.15. The summed E-state index contributed by atoms with van der Waals surface area (Å²) in [6.45, 7) is 3.16. The molecule has 1 aliphatic rings. The Morgan fingerprint density at radius 3 is 2.78 bits per heavy atom. The third-order valence-corrected chi connectivity index (χ3v) is 4.89. The summed E-state index contributed by atoms with van der Waals surface area (Å²) in [5.74, 6) is 0.718. The van der Waals surface area contributed by atoms with Crippen molar-refractivity contribution in [2.45, 2.75) is 18.9 Å². The Labute approximate surface area is 160 Å². The van der Waals surface area contributed by atoms with Crippen molar-refractivity contribution in [1.29, 1.82) is 0 Å². The predicted octanol–water partition coefficient (Wildman–Crippen LogP) is 1.90. The van der Waals surface area contributed by atoms with Gasteiger partial charge in [-0.25, -0.2) is 4.98 Å². The number of aliphatic hydroxyl groups excluding tert-OH is 1. The highest BCUT2D eigenvalue weighted by molar-refractivity contribution is 5.94. The van der Waals surface area contributed by atoms with E-state index < -0.39 is 5.60 Å². The number of anilines is 1. The quantitative estimate of drug-likeness (QED) is 0.872. The number of ether oxygens (including phenoxy) is 1. The number of aromatic nitrogens is 1. The third kappa shape index (κ3) is 4.46. The second kappa shape index (κ2) is 8.06. The van der Waals surface area contributed by atoms with Crippen LogP contribution in [-0.2, 0) is 11.2 Å². The fraction of sp³-hybridized carbons (Fsp3) is 0.429. The Morgan fingerprint density at radius 2 is 2.15 bits per heavy atom. The van der Waals surface area contributed by atoms with Gasteiger partial charge in [-0.1, -0.05) is 29.8 Å². The highest BCUT2D eigenvalue weighted by atomic mass is 16.5. The molecule has 1 fully saturated rings. The smallest absolute Gasteiger partial charge is 0.255 e. The first-order valence-electron chi connectivity index (χ1n) is 9.15. The maximum atomic E-state index is 12.9. The van der Waals surface area contributed by atoms with Gasteiger partial charge in [0.25, 0.3) is 5.91 Å². The molecule has 0 unspecified atom stereocenters. The summed E-state index contributed by atoms with van der Waals surface area (Å²) in [5, 5.41) is 10.1. The van der Waals surface area contributed by atoms with Gasteiger partial charge in [0.05, 0.1) is 25.3 Å². The van der Waals surface area contributed by atoms with Crippen LogP contribution in [0.15, 0.2) is 42.6 Å². The molecule has 0 radical (unpaired) electrons. The molecular weight excluding hydrogens is 342 g/mol. The van der Waals surface area contributed by atoms with Gasteiger partial charge >= 0.3 is 0 Å². The zero-order chi connectivity index (χ0) is 19.4. The van der Waals surface area contributed by atoms with Crippen molar-refractivity contribution in [1.82, 2.24) is 9.88 Å². The Balaban J connectivity index is 1.76. The van der Waals surface area contributed by atoms with Gasteiger partial charge in [-0.05, 0) is 24.6 Å². The van der Waals surface area contributed by atoms with Crippen LogP contribution in [0.25, 0.3) is 0 Å². The first-order chi connectivity index (χ1) is 12.9. The molecule has 6 heteroatoms. The summed E-state index contributed by atoms with van der Waals surface area (Å²) in [5.41, 5.74) is 2.02. The van der Waals surface area contributed by atoms with Gasteiger partial charge in [-0.2, -0.15) is 0 Å². The van der Waals surface area contributed by atoms with Crippen molar-refractivity contribution in [3.63, 3.8) is 0 Å². The molecule has 0 bridgehead atoms. The van der Waals surface area contributed by atoms with Crippen LogP contribution in [0.5, 0.6) is 0 Å². The lowest BCUT2D eigenvalue weighted by atomic mass is 9.92. The van der Waals surface area contributed by atoms with Crippen molar-refractivity contribution in [3.05, 3.63) is 59.3 Å². The van der Waals surface area contributed by atoms with Crippen LogP contribution in [0.1, 0.15) is 21.5 Å². The molecule has 27 heavy (non-hydrogen) atoms. The molecule has 2 aromatic rings. The van der Waals surface area contributed by atoms with Crippen LogP contribution < -0.4 is 4.90 Å². The lowest BCUT2D eigenvalue weighted by Crippen LogP contribution is -2.56. The molecule has 1 saturated heterocycles. The second-order valence-electron chi connectivity index (χ2n) is 7.38. The van der Waals surface area contributed by atoms with Gasteiger partial charge in [0.15, 0.2) is 0 Å². The molecular formula is C21H27N3O3. The number of carbonyl (C=O) groups is 1. The van der Waals surface area contributed by atoms with Gasteiger partial charge in [-0.3, -0.25) is 4.79 Å². The molecule has 1 aromatic heterocycles. The van der Waals surface area contributed by atoms with Crippen molar-refractivity contribution in [2.24, 2.45) is 0 Å². The zero-order valence-electron chi connectivity index (χ0n) is 16.2. The summed E-state index contributed by atoms with van der Waals surface area (Å²) in [7, 11) is 3.82. The Morgan fingerprint density at radius 1 is 1.33 bits per heavy atom. The van der Waals surface area contributed by atoms with Gasteiger partial charge in [-0.15, -0.1) is 0 Å². The largest absolute Gasteiger partial charge is 0.393 e. The number of hydrogen-bond acceptors (Lipinski definition) is 5. The average molecular weight is 369 g/mol. The summed E-state index contributed by atoms with van der Waals surface area (Å²) < 4.78 is 5.96. The molecule has 0 aliphatic carbocycles. The van der Waals surface area contributed by atoms with E-state index in [1.54, 1.807) is 17.2 Å². The lowest BCUT2D eigenvalue weighted by molar-refractivity contribution is -0.123. The number of amides is 1. The number of nitrogens with zero attached hydrogens (tertiary/aromatic N) is 3. The fourth-order valence-corrected chi connectivity index (χ4v) is 3.43. The van der Waals surface area contributed by atoms with Gasteiger partial charge in [0.1, 0.15) is 11.4 Å². The standard InChI is InChI=1S/C21H27N3O3/c1-16-5-4-6-17(11-16)12-21(15-25)14-24(9-10-27-21)20(26)18-7-8-19(22-13-18)23(2)3/h4-8,11,13,25H,9-10,12,14-15H2,1-3H3/t21-/m0/s1. The fourth-order valence-electron chi connectivity index (χ4n) is 3.43. The van der Waals surface area contributed by atoms with Crippen LogP contribution in [0, 0.1) is 6.92 Å². The minimum absolute atomic E-state index is 0.0850. The number of carbonyl (C=O) groups excluding carboxylic acids is 1. The number of aliphatic hydroxyl groups is 1. The van der Waals surface area contributed by atoms with Crippen molar-refractivity contribution >= 4 is 11.7 Å². The molecule has 6 nitrogen and oxygen atoms in total. The number of benzene rings is 1. The van der Waals surface area contributed by atoms with Crippen LogP contribution in [0.4, 0.5) is 5.82 Å². The predicted molar refractivity (Wildman–Crippen MR) is 105 cm³/mol. The maximum Gasteiger partial charge on any atom is 0.255 e. The summed E-state index contributed by atoms with van der Waals surface area (Å²) >= 11 is 0. The molecule has 0 saturated carbocycles.